The summed E-state index contributed by atoms with van der Waals surface area (Å²) in [7, 11) is 1.35. The second kappa shape index (κ2) is 8.56. The van der Waals surface area contributed by atoms with Gasteiger partial charge in [0, 0.05) is 0 Å². The van der Waals surface area contributed by atoms with Gasteiger partial charge >= 0.3 is 12.1 Å². The van der Waals surface area contributed by atoms with Crippen molar-refractivity contribution in [3.63, 3.8) is 0 Å². The van der Waals surface area contributed by atoms with Gasteiger partial charge in [0.05, 0.1) is 13.7 Å². The number of cyclic esters (lactones) is 1. The standard InChI is InChI=1S/C18H25NO4/c1-3-4-5-9-12-15-16(17(20)22-2)19(18(21)23-15)13-14-10-7-6-8-11-14/h6-8,10-11,15-16H,3-5,9,12-13H2,1-2H3/t15-,16+/m0/s1. The molecule has 2 rings (SSSR count). The molecule has 2 atom stereocenters. The Balaban J connectivity index is 2.06. The van der Waals surface area contributed by atoms with Crippen LogP contribution in [0.1, 0.15) is 44.6 Å². The molecule has 1 aliphatic heterocycles. The molecule has 0 spiro atoms. The number of amides is 1. The Kier molecular flexibility index (Phi) is 6.44. The quantitative estimate of drug-likeness (QED) is 0.543. The summed E-state index contributed by atoms with van der Waals surface area (Å²) in [6, 6.07) is 8.93. The molecule has 5 heteroatoms. The van der Waals surface area contributed by atoms with E-state index in [1.807, 2.05) is 30.3 Å². The molecule has 1 saturated heterocycles. The number of rotatable bonds is 8. The van der Waals surface area contributed by atoms with Crippen molar-refractivity contribution in [2.45, 2.75) is 57.7 Å². The van der Waals surface area contributed by atoms with Gasteiger partial charge in [-0.2, -0.15) is 0 Å². The minimum atomic E-state index is -0.658. The van der Waals surface area contributed by atoms with Crippen LogP contribution in [0.25, 0.3) is 0 Å². The summed E-state index contributed by atoms with van der Waals surface area (Å²) >= 11 is 0. The maximum absolute atomic E-state index is 12.2. The molecule has 1 aliphatic rings. The average Bonchev–Trinajstić information content (AvgIpc) is 2.88. The molecular formula is C18H25NO4. The lowest BCUT2D eigenvalue weighted by atomic mass is 10.0. The number of nitrogens with zero attached hydrogens (tertiary/aromatic N) is 1. The number of hydrogen-bond acceptors (Lipinski definition) is 4. The number of carbonyl (C=O) groups is 2. The van der Waals surface area contributed by atoms with Gasteiger partial charge in [-0.1, -0.05) is 56.5 Å². The number of ether oxygens (including phenoxy) is 2. The fraction of sp³-hybridized carbons (Fsp3) is 0.556. The lowest BCUT2D eigenvalue weighted by Gasteiger charge is -2.22. The minimum Gasteiger partial charge on any atom is -0.467 e. The highest BCUT2D eigenvalue weighted by Gasteiger charge is 2.46. The Morgan fingerprint density at radius 1 is 1.22 bits per heavy atom. The molecule has 0 aliphatic carbocycles. The van der Waals surface area contributed by atoms with E-state index in [0.29, 0.717) is 13.0 Å². The highest BCUT2D eigenvalue weighted by molar-refractivity contribution is 5.85. The maximum Gasteiger partial charge on any atom is 0.411 e. The lowest BCUT2D eigenvalue weighted by molar-refractivity contribution is -0.146. The van der Waals surface area contributed by atoms with E-state index in [4.69, 9.17) is 9.47 Å². The van der Waals surface area contributed by atoms with Crippen molar-refractivity contribution >= 4 is 12.1 Å². The van der Waals surface area contributed by atoms with Crippen LogP contribution < -0.4 is 0 Å². The van der Waals surface area contributed by atoms with Crippen LogP contribution in [0.5, 0.6) is 0 Å². The summed E-state index contributed by atoms with van der Waals surface area (Å²) in [4.78, 5) is 25.8. The summed E-state index contributed by atoms with van der Waals surface area (Å²) in [5, 5.41) is 0. The summed E-state index contributed by atoms with van der Waals surface area (Å²) in [5.41, 5.74) is 0.963. The van der Waals surface area contributed by atoms with Crippen LogP contribution in [0.15, 0.2) is 30.3 Å². The molecule has 0 aromatic heterocycles. The maximum atomic E-state index is 12.2. The van der Waals surface area contributed by atoms with Gasteiger partial charge in [-0.25, -0.2) is 9.59 Å². The highest BCUT2D eigenvalue weighted by Crippen LogP contribution is 2.27. The van der Waals surface area contributed by atoms with Gasteiger partial charge in [0.25, 0.3) is 0 Å². The van der Waals surface area contributed by atoms with Gasteiger partial charge in [0.2, 0.25) is 0 Å². The molecule has 0 unspecified atom stereocenters. The van der Waals surface area contributed by atoms with Crippen LogP contribution in [0.3, 0.4) is 0 Å². The van der Waals surface area contributed by atoms with E-state index < -0.39 is 24.2 Å². The van der Waals surface area contributed by atoms with Crippen LogP contribution in [0.4, 0.5) is 4.79 Å². The molecule has 1 amide bonds. The van der Waals surface area contributed by atoms with Crippen LogP contribution in [-0.2, 0) is 20.8 Å². The number of hydrogen-bond donors (Lipinski definition) is 0. The molecule has 0 radical (unpaired) electrons. The zero-order chi connectivity index (χ0) is 16.7. The smallest absolute Gasteiger partial charge is 0.411 e. The van der Waals surface area contributed by atoms with E-state index in [1.165, 1.54) is 12.0 Å². The van der Waals surface area contributed by atoms with Crippen molar-refractivity contribution in [3.05, 3.63) is 35.9 Å². The number of esters is 1. The molecule has 126 valence electrons. The van der Waals surface area contributed by atoms with Crippen molar-refractivity contribution in [3.8, 4) is 0 Å². The first kappa shape index (κ1) is 17.3. The SMILES string of the molecule is CCCCCC[C@@H]1OC(=O)N(Cc2ccccc2)[C@H]1C(=O)OC. The first-order chi connectivity index (χ1) is 11.2. The molecule has 1 fully saturated rings. The van der Waals surface area contributed by atoms with Gasteiger partial charge in [-0.15, -0.1) is 0 Å². The predicted octanol–water partition coefficient (Wildman–Crippen LogP) is 3.52. The van der Waals surface area contributed by atoms with Gasteiger partial charge < -0.3 is 9.47 Å². The van der Waals surface area contributed by atoms with Crippen LogP contribution in [0.2, 0.25) is 0 Å². The van der Waals surface area contributed by atoms with Gasteiger partial charge in [-0.05, 0) is 18.4 Å². The van der Waals surface area contributed by atoms with Crippen molar-refractivity contribution < 1.29 is 19.1 Å². The topological polar surface area (TPSA) is 55.8 Å². The number of unbranched alkanes of at least 4 members (excludes halogenated alkanes) is 3. The van der Waals surface area contributed by atoms with E-state index in [2.05, 4.69) is 6.92 Å². The van der Waals surface area contributed by atoms with Crippen LogP contribution in [0, 0.1) is 0 Å². The molecule has 0 saturated carbocycles. The molecular weight excluding hydrogens is 294 g/mol. The first-order valence-electron chi connectivity index (χ1n) is 8.26. The van der Waals surface area contributed by atoms with E-state index in [9.17, 15) is 9.59 Å². The monoisotopic (exact) mass is 319 g/mol. The minimum absolute atomic E-state index is 0.352. The van der Waals surface area contributed by atoms with E-state index in [1.54, 1.807) is 0 Å². The zero-order valence-corrected chi connectivity index (χ0v) is 13.9. The third-order valence-corrected chi connectivity index (χ3v) is 4.16. The van der Waals surface area contributed by atoms with Crippen LogP contribution >= 0.6 is 0 Å². The average molecular weight is 319 g/mol. The third kappa shape index (κ3) is 4.47. The third-order valence-electron chi connectivity index (χ3n) is 4.16. The van der Waals surface area contributed by atoms with E-state index in [-0.39, 0.29) is 0 Å². The molecule has 0 bridgehead atoms. The van der Waals surface area contributed by atoms with Gasteiger partial charge in [0.15, 0.2) is 6.04 Å². The summed E-state index contributed by atoms with van der Waals surface area (Å²) in [5.74, 6) is -0.410. The zero-order valence-electron chi connectivity index (χ0n) is 13.9. The van der Waals surface area contributed by atoms with Crippen molar-refractivity contribution in [1.82, 2.24) is 4.90 Å². The molecule has 1 aromatic carbocycles. The second-order valence-electron chi connectivity index (χ2n) is 5.85. The number of carbonyl (C=O) groups excluding carboxylic acids is 2. The van der Waals surface area contributed by atoms with Crippen LogP contribution in [-0.4, -0.2) is 36.2 Å². The Morgan fingerprint density at radius 2 is 1.96 bits per heavy atom. The molecule has 1 aromatic rings. The Morgan fingerprint density at radius 3 is 2.61 bits per heavy atom. The highest BCUT2D eigenvalue weighted by atomic mass is 16.6. The summed E-state index contributed by atoms with van der Waals surface area (Å²) in [6.07, 6.45) is 4.15. The molecule has 0 N–H and O–H groups in total. The van der Waals surface area contributed by atoms with Gasteiger partial charge in [-0.3, -0.25) is 4.90 Å². The number of benzene rings is 1. The second-order valence-corrected chi connectivity index (χ2v) is 5.85. The van der Waals surface area contributed by atoms with Crippen molar-refractivity contribution in [1.29, 1.82) is 0 Å². The van der Waals surface area contributed by atoms with Gasteiger partial charge in [0.1, 0.15) is 6.10 Å². The normalized spacial score (nSPS) is 20.4. The summed E-state index contributed by atoms with van der Waals surface area (Å²) < 4.78 is 10.3. The van der Waals surface area contributed by atoms with Crippen molar-refractivity contribution in [2.24, 2.45) is 0 Å². The molecule has 23 heavy (non-hydrogen) atoms. The summed E-state index contributed by atoms with van der Waals surface area (Å²) in [6.45, 7) is 2.50. The fourth-order valence-electron chi connectivity index (χ4n) is 2.91. The molecule has 5 nitrogen and oxygen atoms in total. The predicted molar refractivity (Wildman–Crippen MR) is 86.8 cm³/mol. The first-order valence-corrected chi connectivity index (χ1v) is 8.26. The molecule has 1 heterocycles. The Bertz CT molecular complexity index is 517. The van der Waals surface area contributed by atoms with Crippen molar-refractivity contribution in [2.75, 3.05) is 7.11 Å². The van der Waals surface area contributed by atoms with E-state index in [0.717, 1.165) is 31.2 Å². The lowest BCUT2D eigenvalue weighted by Crippen LogP contribution is -2.43. The number of methoxy groups -OCH3 is 1. The Labute approximate surface area is 137 Å². The largest absolute Gasteiger partial charge is 0.467 e. The van der Waals surface area contributed by atoms with E-state index >= 15 is 0 Å². The Hall–Kier alpha value is -2.04. The fourth-order valence-corrected chi connectivity index (χ4v) is 2.91.